The Morgan fingerprint density at radius 3 is 3.08 bits per heavy atom. The molecular weight excluding hydrogens is 156 g/mol. The summed E-state index contributed by atoms with van der Waals surface area (Å²) in [5.41, 5.74) is 1.18. The predicted octanol–water partition coefficient (Wildman–Crippen LogP) is 1.77. The Balaban J connectivity index is 1.87. The lowest BCUT2D eigenvalue weighted by atomic mass is 10.4. The first-order valence-electron chi connectivity index (χ1n) is 3.75. The number of carbonyl (C=O) groups excluding carboxylic acids is 1. The second kappa shape index (κ2) is 2.85. The van der Waals surface area contributed by atoms with Crippen LogP contribution in [0.1, 0.15) is 17.0 Å². The molecule has 0 fully saturated rings. The van der Waals surface area contributed by atoms with Gasteiger partial charge in [0.25, 0.3) is 0 Å². The van der Waals surface area contributed by atoms with E-state index in [-0.39, 0.29) is 5.76 Å². The molecule has 2 rings (SSSR count). The highest BCUT2D eigenvalue weighted by Crippen LogP contribution is 2.18. The third-order valence-corrected chi connectivity index (χ3v) is 1.60. The molecule has 0 atom stereocenters. The zero-order valence-corrected chi connectivity index (χ0v) is 6.45. The molecule has 0 spiro atoms. The van der Waals surface area contributed by atoms with Crippen molar-refractivity contribution in [2.75, 3.05) is 6.61 Å². The van der Waals surface area contributed by atoms with Crippen molar-refractivity contribution in [2.45, 2.75) is 6.42 Å². The van der Waals surface area contributed by atoms with Crippen LogP contribution in [0.5, 0.6) is 0 Å². The molecule has 1 aliphatic rings. The van der Waals surface area contributed by atoms with Gasteiger partial charge in [-0.15, -0.1) is 0 Å². The summed E-state index contributed by atoms with van der Waals surface area (Å²) in [4.78, 5) is 11.1. The minimum atomic E-state index is -0.396. The number of furan rings is 1. The number of carbonyl (C=O) groups is 1. The monoisotopic (exact) mass is 164 g/mol. The average Bonchev–Trinajstić information content (AvgIpc) is 2.74. The van der Waals surface area contributed by atoms with Gasteiger partial charge in [-0.25, -0.2) is 4.79 Å². The molecule has 3 nitrogen and oxygen atoms in total. The molecule has 3 heteroatoms. The van der Waals surface area contributed by atoms with E-state index in [2.05, 4.69) is 0 Å². The third kappa shape index (κ3) is 1.56. The fourth-order valence-electron chi connectivity index (χ4n) is 0.814. The summed E-state index contributed by atoms with van der Waals surface area (Å²) in [6, 6.07) is 3.25. The lowest BCUT2D eigenvalue weighted by Gasteiger charge is -1.97. The molecule has 0 unspecified atom stereocenters. The number of ether oxygens (including phenoxy) is 1. The quantitative estimate of drug-likeness (QED) is 0.504. The highest BCUT2D eigenvalue weighted by molar-refractivity contribution is 5.86. The SMILES string of the molecule is O=C(OCC1=CC1)c1ccco1. The van der Waals surface area contributed by atoms with Gasteiger partial charge in [0.2, 0.25) is 5.76 Å². The van der Waals surface area contributed by atoms with Crippen molar-refractivity contribution < 1.29 is 13.9 Å². The molecule has 0 N–H and O–H groups in total. The van der Waals surface area contributed by atoms with Crippen LogP contribution in [0.3, 0.4) is 0 Å². The lowest BCUT2D eigenvalue weighted by Crippen LogP contribution is -2.04. The largest absolute Gasteiger partial charge is 0.457 e. The van der Waals surface area contributed by atoms with E-state index in [1.165, 1.54) is 11.8 Å². The molecule has 1 aromatic heterocycles. The highest BCUT2D eigenvalue weighted by atomic mass is 16.5. The van der Waals surface area contributed by atoms with E-state index in [0.717, 1.165) is 6.42 Å². The van der Waals surface area contributed by atoms with Gasteiger partial charge in [0.1, 0.15) is 6.61 Å². The second-order valence-corrected chi connectivity index (χ2v) is 2.62. The fourth-order valence-corrected chi connectivity index (χ4v) is 0.814. The van der Waals surface area contributed by atoms with Gasteiger partial charge in [-0.1, -0.05) is 6.08 Å². The van der Waals surface area contributed by atoms with Crippen molar-refractivity contribution in [2.24, 2.45) is 0 Å². The standard InChI is InChI=1S/C9H8O3/c10-9(8-2-1-5-11-8)12-6-7-3-4-7/h1-3,5H,4,6H2. The van der Waals surface area contributed by atoms with E-state index in [9.17, 15) is 4.79 Å². The molecule has 12 heavy (non-hydrogen) atoms. The summed E-state index contributed by atoms with van der Waals surface area (Å²) in [6.07, 6.45) is 4.45. The minimum Gasteiger partial charge on any atom is -0.457 e. The molecule has 1 heterocycles. The van der Waals surface area contributed by atoms with E-state index < -0.39 is 5.97 Å². The molecule has 0 amide bonds. The van der Waals surface area contributed by atoms with Crippen molar-refractivity contribution in [3.8, 4) is 0 Å². The molecule has 1 aliphatic carbocycles. The number of hydrogen-bond donors (Lipinski definition) is 0. The summed E-state index contributed by atoms with van der Waals surface area (Å²) in [7, 11) is 0. The van der Waals surface area contributed by atoms with Crippen LogP contribution in [0.25, 0.3) is 0 Å². The Bertz CT molecular complexity index is 309. The van der Waals surface area contributed by atoms with E-state index in [1.807, 2.05) is 6.08 Å². The summed E-state index contributed by atoms with van der Waals surface area (Å²) >= 11 is 0. The van der Waals surface area contributed by atoms with Gasteiger partial charge in [0.15, 0.2) is 0 Å². The van der Waals surface area contributed by atoms with Crippen molar-refractivity contribution in [3.05, 3.63) is 35.8 Å². The first kappa shape index (κ1) is 7.16. The summed E-state index contributed by atoms with van der Waals surface area (Å²) in [5.74, 6) is -0.135. The number of hydrogen-bond acceptors (Lipinski definition) is 3. The van der Waals surface area contributed by atoms with Crippen LogP contribution in [-0.4, -0.2) is 12.6 Å². The van der Waals surface area contributed by atoms with E-state index >= 15 is 0 Å². The highest BCUT2D eigenvalue weighted by Gasteiger charge is 2.13. The average molecular weight is 164 g/mol. The molecule has 0 saturated carbocycles. The summed E-state index contributed by atoms with van der Waals surface area (Å²) in [5, 5.41) is 0. The number of esters is 1. The van der Waals surface area contributed by atoms with Crippen molar-refractivity contribution in [1.29, 1.82) is 0 Å². The van der Waals surface area contributed by atoms with E-state index in [1.54, 1.807) is 12.1 Å². The van der Waals surface area contributed by atoms with Crippen LogP contribution in [0.4, 0.5) is 0 Å². The van der Waals surface area contributed by atoms with Crippen LogP contribution in [0.15, 0.2) is 34.5 Å². The first-order valence-corrected chi connectivity index (χ1v) is 3.75. The number of allylic oxidation sites excluding steroid dienone is 1. The maximum atomic E-state index is 11.1. The maximum Gasteiger partial charge on any atom is 0.374 e. The Kier molecular flexibility index (Phi) is 1.70. The predicted molar refractivity (Wildman–Crippen MR) is 41.7 cm³/mol. The first-order chi connectivity index (χ1) is 5.86. The van der Waals surface area contributed by atoms with Crippen LogP contribution in [0, 0.1) is 0 Å². The van der Waals surface area contributed by atoms with Gasteiger partial charge < -0.3 is 9.15 Å². The lowest BCUT2D eigenvalue weighted by molar-refractivity contribution is 0.0507. The van der Waals surface area contributed by atoms with Crippen LogP contribution in [-0.2, 0) is 4.74 Å². The number of rotatable bonds is 3. The van der Waals surface area contributed by atoms with Crippen LogP contribution < -0.4 is 0 Å². The van der Waals surface area contributed by atoms with Gasteiger partial charge in [0, 0.05) is 0 Å². The zero-order valence-electron chi connectivity index (χ0n) is 6.45. The van der Waals surface area contributed by atoms with Gasteiger partial charge >= 0.3 is 5.97 Å². The van der Waals surface area contributed by atoms with Gasteiger partial charge in [-0.05, 0) is 24.1 Å². The van der Waals surface area contributed by atoms with E-state index in [0.29, 0.717) is 6.61 Å². The second-order valence-electron chi connectivity index (χ2n) is 2.62. The Morgan fingerprint density at radius 2 is 2.50 bits per heavy atom. The fraction of sp³-hybridized carbons (Fsp3) is 0.222. The normalized spacial score (nSPS) is 13.8. The van der Waals surface area contributed by atoms with Gasteiger partial charge in [-0.2, -0.15) is 0 Å². The smallest absolute Gasteiger partial charge is 0.374 e. The molecule has 0 aliphatic heterocycles. The molecule has 0 saturated heterocycles. The summed E-state index contributed by atoms with van der Waals surface area (Å²) < 4.78 is 9.76. The third-order valence-electron chi connectivity index (χ3n) is 1.60. The van der Waals surface area contributed by atoms with Crippen molar-refractivity contribution >= 4 is 5.97 Å². The van der Waals surface area contributed by atoms with E-state index in [4.69, 9.17) is 9.15 Å². The Morgan fingerprint density at radius 1 is 1.67 bits per heavy atom. The van der Waals surface area contributed by atoms with Gasteiger partial charge in [0.05, 0.1) is 6.26 Å². The molecule has 0 radical (unpaired) electrons. The van der Waals surface area contributed by atoms with Crippen LogP contribution >= 0.6 is 0 Å². The van der Waals surface area contributed by atoms with Gasteiger partial charge in [-0.3, -0.25) is 0 Å². The van der Waals surface area contributed by atoms with Crippen molar-refractivity contribution in [3.63, 3.8) is 0 Å². The molecule has 0 aromatic carbocycles. The van der Waals surface area contributed by atoms with Crippen LogP contribution in [0.2, 0.25) is 0 Å². The maximum absolute atomic E-state index is 11.1. The molecule has 0 bridgehead atoms. The van der Waals surface area contributed by atoms with Crippen molar-refractivity contribution in [1.82, 2.24) is 0 Å². The topological polar surface area (TPSA) is 39.4 Å². The molecule has 62 valence electrons. The Hall–Kier alpha value is -1.51. The summed E-state index contributed by atoms with van der Waals surface area (Å²) in [6.45, 7) is 0.402. The Labute approximate surface area is 69.6 Å². The molecular formula is C9H8O3. The molecule has 1 aromatic rings. The minimum absolute atomic E-state index is 0.260. The zero-order chi connectivity index (χ0) is 8.39.